The zero-order valence-electron chi connectivity index (χ0n) is 13.0. The zero-order chi connectivity index (χ0) is 15.5. The van der Waals surface area contributed by atoms with E-state index in [1.165, 1.54) is 0 Å². The second-order valence-electron chi connectivity index (χ2n) is 5.12. The fraction of sp³-hybridized carbons (Fsp3) is 0.312. The highest BCUT2D eigenvalue weighted by molar-refractivity contribution is 5.39. The van der Waals surface area contributed by atoms with Crippen LogP contribution in [0.5, 0.6) is 5.75 Å². The molecule has 1 N–H and O–H groups in total. The van der Waals surface area contributed by atoms with E-state index < -0.39 is 0 Å². The second-order valence-corrected chi connectivity index (χ2v) is 5.12. The third-order valence-corrected chi connectivity index (χ3v) is 3.30. The molecule has 0 saturated heterocycles. The van der Waals surface area contributed by atoms with Gasteiger partial charge in [0, 0.05) is 17.9 Å². The zero-order valence-corrected chi connectivity index (χ0v) is 13.0. The van der Waals surface area contributed by atoms with Gasteiger partial charge in [-0.25, -0.2) is 4.98 Å². The largest absolute Gasteiger partial charge is 0.494 e. The van der Waals surface area contributed by atoms with Gasteiger partial charge in [0.2, 0.25) is 5.95 Å². The molecule has 22 heavy (non-hydrogen) atoms. The first-order chi connectivity index (χ1) is 10.7. The molecule has 1 aromatic carbocycles. The normalized spacial score (nSPS) is 10.9. The molecule has 0 aliphatic heterocycles. The maximum atomic E-state index is 5.43. The van der Waals surface area contributed by atoms with Crippen molar-refractivity contribution in [2.45, 2.75) is 27.3 Å². The first-order valence-corrected chi connectivity index (χ1v) is 7.32. The summed E-state index contributed by atoms with van der Waals surface area (Å²) < 4.78 is 7.17. The van der Waals surface area contributed by atoms with Crippen LogP contribution in [0.15, 0.2) is 30.3 Å². The van der Waals surface area contributed by atoms with Crippen LogP contribution in [0.4, 0.5) is 5.95 Å². The predicted molar refractivity (Wildman–Crippen MR) is 85.2 cm³/mol. The third-order valence-electron chi connectivity index (χ3n) is 3.30. The monoisotopic (exact) mass is 297 g/mol. The molecular formula is C16H19N5O. The molecule has 2 heterocycles. The summed E-state index contributed by atoms with van der Waals surface area (Å²) in [6.45, 7) is 7.25. The molecule has 0 unspecified atom stereocenters. The molecule has 0 spiro atoms. The van der Waals surface area contributed by atoms with E-state index in [1.807, 2.05) is 51.1 Å². The Hall–Kier alpha value is -2.63. The Kier molecular flexibility index (Phi) is 3.91. The van der Waals surface area contributed by atoms with Gasteiger partial charge in [0.25, 0.3) is 5.78 Å². The summed E-state index contributed by atoms with van der Waals surface area (Å²) in [6.07, 6.45) is 0. The number of fused-ring (bicyclic) bond motifs is 1. The van der Waals surface area contributed by atoms with Gasteiger partial charge < -0.3 is 10.1 Å². The van der Waals surface area contributed by atoms with Crippen LogP contribution >= 0.6 is 0 Å². The standard InChI is InChI=1S/C16H19N5O/c1-4-22-14-7-5-13(6-8-14)10-17-15-19-16-18-11(2)9-12(3)21(16)20-15/h5-9H,4,10H2,1-3H3,(H,17,20). The Morgan fingerprint density at radius 3 is 2.64 bits per heavy atom. The molecular weight excluding hydrogens is 278 g/mol. The fourth-order valence-electron chi connectivity index (χ4n) is 2.29. The number of nitrogens with zero attached hydrogens (tertiary/aromatic N) is 4. The van der Waals surface area contributed by atoms with Crippen molar-refractivity contribution in [1.29, 1.82) is 0 Å². The number of benzene rings is 1. The molecule has 0 bridgehead atoms. The van der Waals surface area contributed by atoms with Crippen molar-refractivity contribution in [3.8, 4) is 5.75 Å². The maximum absolute atomic E-state index is 5.43. The molecule has 6 nitrogen and oxygen atoms in total. The molecule has 6 heteroatoms. The first kappa shape index (κ1) is 14.3. The Morgan fingerprint density at radius 1 is 1.14 bits per heavy atom. The predicted octanol–water partition coefficient (Wildman–Crippen LogP) is 2.75. The van der Waals surface area contributed by atoms with Gasteiger partial charge in [0.15, 0.2) is 0 Å². The number of rotatable bonds is 5. The molecule has 3 rings (SSSR count). The minimum absolute atomic E-state index is 0.579. The van der Waals surface area contributed by atoms with Crippen LogP contribution in [0.25, 0.3) is 5.78 Å². The van der Waals surface area contributed by atoms with Crippen molar-refractivity contribution in [1.82, 2.24) is 19.6 Å². The van der Waals surface area contributed by atoms with Crippen molar-refractivity contribution in [2.24, 2.45) is 0 Å². The molecule has 3 aromatic rings. The molecule has 0 saturated carbocycles. The molecule has 0 atom stereocenters. The van der Waals surface area contributed by atoms with Crippen molar-refractivity contribution >= 4 is 11.7 Å². The summed E-state index contributed by atoms with van der Waals surface area (Å²) in [5.74, 6) is 2.08. The highest BCUT2D eigenvalue weighted by atomic mass is 16.5. The van der Waals surface area contributed by atoms with E-state index >= 15 is 0 Å². The molecule has 0 fully saturated rings. The molecule has 0 radical (unpaired) electrons. The van der Waals surface area contributed by atoms with Crippen LogP contribution in [0, 0.1) is 13.8 Å². The fourth-order valence-corrected chi connectivity index (χ4v) is 2.29. The smallest absolute Gasteiger partial charge is 0.254 e. The highest BCUT2D eigenvalue weighted by Crippen LogP contribution is 2.13. The number of ether oxygens (including phenoxy) is 1. The Labute approximate surface area is 129 Å². The number of hydrogen-bond donors (Lipinski definition) is 1. The lowest BCUT2D eigenvalue weighted by atomic mass is 10.2. The number of anilines is 1. The van der Waals surface area contributed by atoms with Crippen LogP contribution in [-0.2, 0) is 6.54 Å². The SMILES string of the molecule is CCOc1ccc(CNc2nc3nc(C)cc(C)n3n2)cc1. The maximum Gasteiger partial charge on any atom is 0.254 e. The van der Waals surface area contributed by atoms with Crippen LogP contribution in [0.3, 0.4) is 0 Å². The summed E-state index contributed by atoms with van der Waals surface area (Å²) in [5, 5.41) is 7.65. The average molecular weight is 297 g/mol. The lowest BCUT2D eigenvalue weighted by Crippen LogP contribution is -2.02. The van der Waals surface area contributed by atoms with Crippen molar-refractivity contribution in [3.05, 3.63) is 47.3 Å². The minimum Gasteiger partial charge on any atom is -0.494 e. The average Bonchev–Trinajstić information content (AvgIpc) is 2.90. The number of aryl methyl sites for hydroxylation is 2. The van der Waals surface area contributed by atoms with Crippen molar-refractivity contribution in [2.75, 3.05) is 11.9 Å². The van der Waals surface area contributed by atoms with Gasteiger partial charge in [-0.05, 0) is 44.5 Å². The van der Waals surface area contributed by atoms with Gasteiger partial charge >= 0.3 is 0 Å². The van der Waals surface area contributed by atoms with Gasteiger partial charge in [-0.2, -0.15) is 9.50 Å². The minimum atomic E-state index is 0.579. The Morgan fingerprint density at radius 2 is 1.91 bits per heavy atom. The quantitative estimate of drug-likeness (QED) is 0.784. The lowest BCUT2D eigenvalue weighted by molar-refractivity contribution is 0.340. The van der Waals surface area contributed by atoms with Crippen LogP contribution in [0.1, 0.15) is 23.9 Å². The van der Waals surface area contributed by atoms with Crippen LogP contribution < -0.4 is 10.1 Å². The molecule has 0 amide bonds. The van der Waals surface area contributed by atoms with E-state index in [1.54, 1.807) is 4.52 Å². The number of hydrogen-bond acceptors (Lipinski definition) is 5. The summed E-state index contributed by atoms with van der Waals surface area (Å²) in [7, 11) is 0. The van der Waals surface area contributed by atoms with Crippen molar-refractivity contribution in [3.63, 3.8) is 0 Å². The molecule has 0 aliphatic carbocycles. The first-order valence-electron chi connectivity index (χ1n) is 7.32. The van der Waals surface area contributed by atoms with E-state index in [4.69, 9.17) is 4.74 Å². The molecule has 2 aromatic heterocycles. The van der Waals surface area contributed by atoms with Crippen LogP contribution in [0.2, 0.25) is 0 Å². The van der Waals surface area contributed by atoms with Gasteiger partial charge in [0.1, 0.15) is 5.75 Å². The van der Waals surface area contributed by atoms with E-state index in [2.05, 4.69) is 20.4 Å². The molecule has 0 aliphatic rings. The third kappa shape index (κ3) is 3.00. The topological polar surface area (TPSA) is 64.3 Å². The van der Waals surface area contributed by atoms with Gasteiger partial charge in [-0.3, -0.25) is 0 Å². The summed E-state index contributed by atoms with van der Waals surface area (Å²) >= 11 is 0. The van der Waals surface area contributed by atoms with E-state index in [-0.39, 0.29) is 0 Å². The summed E-state index contributed by atoms with van der Waals surface area (Å²) in [6, 6.07) is 9.97. The lowest BCUT2D eigenvalue weighted by Gasteiger charge is -2.05. The number of aromatic nitrogens is 4. The number of nitrogens with one attached hydrogen (secondary N) is 1. The van der Waals surface area contributed by atoms with E-state index in [0.717, 1.165) is 22.7 Å². The van der Waals surface area contributed by atoms with Gasteiger partial charge in [-0.15, -0.1) is 5.10 Å². The van der Waals surface area contributed by atoms with E-state index in [9.17, 15) is 0 Å². The second kappa shape index (κ2) is 6.01. The van der Waals surface area contributed by atoms with E-state index in [0.29, 0.717) is 24.9 Å². The van der Waals surface area contributed by atoms with Gasteiger partial charge in [0.05, 0.1) is 6.61 Å². The van der Waals surface area contributed by atoms with Crippen molar-refractivity contribution < 1.29 is 4.74 Å². The Balaban J connectivity index is 1.72. The molecule has 114 valence electrons. The highest BCUT2D eigenvalue weighted by Gasteiger charge is 2.07. The summed E-state index contributed by atoms with van der Waals surface area (Å²) in [4.78, 5) is 8.78. The summed E-state index contributed by atoms with van der Waals surface area (Å²) in [5.41, 5.74) is 3.10. The Bertz CT molecular complexity index is 779. The van der Waals surface area contributed by atoms with Crippen LogP contribution in [-0.4, -0.2) is 26.2 Å². The van der Waals surface area contributed by atoms with Gasteiger partial charge in [-0.1, -0.05) is 12.1 Å².